The first-order valence-electron chi connectivity index (χ1n) is 8.46. The van der Waals surface area contributed by atoms with Gasteiger partial charge in [0.05, 0.1) is 31.8 Å². The van der Waals surface area contributed by atoms with E-state index in [1.165, 1.54) is 12.0 Å². The average Bonchev–Trinajstić information content (AvgIpc) is 3.10. The Morgan fingerprint density at radius 2 is 1.82 bits per heavy atom. The molecule has 9 nitrogen and oxygen atoms in total. The lowest BCUT2D eigenvalue weighted by molar-refractivity contribution is -0.172. The van der Waals surface area contributed by atoms with E-state index < -0.39 is 5.97 Å². The van der Waals surface area contributed by atoms with Gasteiger partial charge >= 0.3 is 5.97 Å². The Morgan fingerprint density at radius 3 is 2.46 bits per heavy atom. The predicted molar refractivity (Wildman–Crippen MR) is 104 cm³/mol. The molecule has 0 radical (unpaired) electrons. The molecule has 3 rings (SSSR count). The highest BCUT2D eigenvalue weighted by atomic mass is 16.7. The van der Waals surface area contributed by atoms with Gasteiger partial charge in [0, 0.05) is 12.3 Å². The molecule has 1 heterocycles. The van der Waals surface area contributed by atoms with Crippen molar-refractivity contribution < 1.29 is 19.1 Å². The number of hydrogen-bond acceptors (Lipinski definition) is 6. The first-order valence-corrected chi connectivity index (χ1v) is 8.46. The van der Waals surface area contributed by atoms with Crippen molar-refractivity contribution in [1.82, 2.24) is 15.3 Å². The number of methoxy groups -OCH3 is 2. The van der Waals surface area contributed by atoms with Crippen molar-refractivity contribution in [1.29, 1.82) is 0 Å². The van der Waals surface area contributed by atoms with E-state index in [-0.39, 0.29) is 12.5 Å². The summed E-state index contributed by atoms with van der Waals surface area (Å²) in [6, 6.07) is 12.8. The molecule has 1 aromatic heterocycles. The van der Waals surface area contributed by atoms with Crippen LogP contribution in [0.5, 0.6) is 11.5 Å². The van der Waals surface area contributed by atoms with Gasteiger partial charge in [0.2, 0.25) is 5.96 Å². The first kappa shape index (κ1) is 19.0. The Balaban J connectivity index is 1.98. The topological polar surface area (TPSA) is 115 Å². The quantitative estimate of drug-likeness (QED) is 0.395. The van der Waals surface area contributed by atoms with E-state index in [2.05, 4.69) is 15.2 Å². The lowest BCUT2D eigenvalue weighted by atomic mass is 10.1. The van der Waals surface area contributed by atoms with Crippen LogP contribution in [0.4, 0.5) is 5.82 Å². The van der Waals surface area contributed by atoms with Crippen LogP contribution in [0.25, 0.3) is 10.9 Å². The van der Waals surface area contributed by atoms with Crippen molar-refractivity contribution in [3.05, 3.63) is 48.0 Å². The maximum Gasteiger partial charge on any atom is 0.329 e. The number of hydrogen-bond donors (Lipinski definition) is 2. The molecule has 9 heteroatoms. The molecule has 2 aromatic carbocycles. The number of nitrogens with two attached hydrogens (primary N) is 1. The SMILES string of the molecule is COc1cccc(OC)c1CN(OC(C)=O)C(N)=Nc1n[nH]c2ccccc12. The third-order valence-corrected chi connectivity index (χ3v) is 4.00. The molecular formula is C19H21N5O4. The van der Waals surface area contributed by atoms with Crippen LogP contribution in [0.2, 0.25) is 0 Å². The summed E-state index contributed by atoms with van der Waals surface area (Å²) in [4.78, 5) is 21.2. The number of nitrogens with zero attached hydrogens (tertiary/aromatic N) is 3. The second kappa shape index (κ2) is 8.30. The minimum Gasteiger partial charge on any atom is -0.496 e. The van der Waals surface area contributed by atoms with Crippen LogP contribution in [0.1, 0.15) is 12.5 Å². The zero-order valence-electron chi connectivity index (χ0n) is 15.8. The second-order valence-corrected chi connectivity index (χ2v) is 5.82. The molecule has 0 saturated carbocycles. The van der Waals surface area contributed by atoms with Crippen molar-refractivity contribution in [2.24, 2.45) is 10.7 Å². The monoisotopic (exact) mass is 383 g/mol. The van der Waals surface area contributed by atoms with Crippen LogP contribution in [-0.2, 0) is 16.2 Å². The third-order valence-electron chi connectivity index (χ3n) is 4.00. The number of hydroxylamine groups is 2. The molecule has 0 aliphatic rings. The van der Waals surface area contributed by atoms with Crippen molar-refractivity contribution in [2.75, 3.05) is 14.2 Å². The molecule has 0 aliphatic carbocycles. The minimum atomic E-state index is -0.543. The molecule has 3 N–H and O–H groups in total. The number of aromatic amines is 1. The van der Waals surface area contributed by atoms with Gasteiger partial charge < -0.3 is 20.0 Å². The summed E-state index contributed by atoms with van der Waals surface area (Å²) >= 11 is 0. The van der Waals surface area contributed by atoms with Gasteiger partial charge in [-0.25, -0.2) is 0 Å². The van der Waals surface area contributed by atoms with Gasteiger partial charge in [0.1, 0.15) is 11.5 Å². The van der Waals surface area contributed by atoms with Gasteiger partial charge in [-0.05, 0) is 24.3 Å². The summed E-state index contributed by atoms with van der Waals surface area (Å²) in [6.07, 6.45) is 0. The Hall–Kier alpha value is -3.75. The number of H-pyrrole nitrogens is 1. The summed E-state index contributed by atoms with van der Waals surface area (Å²) in [5.74, 6) is 0.931. The van der Waals surface area contributed by atoms with E-state index in [0.29, 0.717) is 22.9 Å². The van der Waals surface area contributed by atoms with Crippen LogP contribution in [0.3, 0.4) is 0 Å². The number of fused-ring (bicyclic) bond motifs is 1. The maximum absolute atomic E-state index is 11.6. The highest BCUT2D eigenvalue weighted by Crippen LogP contribution is 2.30. The number of aliphatic imine (C=N–C) groups is 1. The average molecular weight is 383 g/mol. The smallest absolute Gasteiger partial charge is 0.329 e. The molecule has 0 amide bonds. The zero-order valence-corrected chi connectivity index (χ0v) is 15.8. The molecule has 146 valence electrons. The Bertz CT molecular complexity index is 992. The third kappa shape index (κ3) is 3.98. The van der Waals surface area contributed by atoms with Crippen molar-refractivity contribution >= 4 is 28.6 Å². The summed E-state index contributed by atoms with van der Waals surface area (Å²) < 4.78 is 10.8. The fourth-order valence-electron chi connectivity index (χ4n) is 2.74. The predicted octanol–water partition coefficient (Wildman–Crippen LogP) is 2.51. The molecule has 0 aliphatic heterocycles. The van der Waals surface area contributed by atoms with Crippen molar-refractivity contribution in [3.8, 4) is 11.5 Å². The number of benzene rings is 2. The Kier molecular flexibility index (Phi) is 5.64. The van der Waals surface area contributed by atoms with Crippen LogP contribution in [0.15, 0.2) is 47.5 Å². The first-order chi connectivity index (χ1) is 13.5. The van der Waals surface area contributed by atoms with Crippen LogP contribution in [-0.4, -0.2) is 41.4 Å². The lowest BCUT2D eigenvalue weighted by Crippen LogP contribution is -2.38. The largest absolute Gasteiger partial charge is 0.496 e. The van der Waals surface area contributed by atoms with Crippen LogP contribution < -0.4 is 15.2 Å². The minimum absolute atomic E-state index is 0.0413. The number of rotatable bonds is 5. The van der Waals surface area contributed by atoms with Gasteiger partial charge in [0.15, 0.2) is 5.82 Å². The van der Waals surface area contributed by atoms with Gasteiger partial charge in [-0.15, -0.1) is 0 Å². The Labute approximate surface area is 161 Å². The maximum atomic E-state index is 11.6. The standard InChI is InChI=1S/C19H21N5O4/c1-12(25)28-24(11-14-16(26-2)9-6-10-17(14)27-3)19(20)21-18-13-7-4-5-8-15(13)22-23-18/h4-10H,11H2,1-3H3,(H3,20,21,22,23). The van der Waals surface area contributed by atoms with Gasteiger partial charge in [-0.3, -0.25) is 9.89 Å². The highest BCUT2D eigenvalue weighted by Gasteiger charge is 2.20. The summed E-state index contributed by atoms with van der Waals surface area (Å²) in [5.41, 5.74) is 7.61. The number of nitrogens with one attached hydrogen (secondary N) is 1. The zero-order chi connectivity index (χ0) is 20.1. The normalized spacial score (nSPS) is 11.3. The molecular weight excluding hydrogens is 362 g/mol. The Morgan fingerprint density at radius 1 is 1.14 bits per heavy atom. The molecule has 0 saturated heterocycles. The van der Waals surface area contributed by atoms with E-state index in [0.717, 1.165) is 10.9 Å². The van der Waals surface area contributed by atoms with Crippen molar-refractivity contribution in [3.63, 3.8) is 0 Å². The van der Waals surface area contributed by atoms with Gasteiger partial charge in [-0.2, -0.15) is 15.2 Å². The van der Waals surface area contributed by atoms with E-state index >= 15 is 0 Å². The number of ether oxygens (including phenoxy) is 2. The lowest BCUT2D eigenvalue weighted by Gasteiger charge is -2.23. The number of carbonyl (C=O) groups excluding carboxylic acids is 1. The number of aromatic nitrogens is 2. The molecule has 28 heavy (non-hydrogen) atoms. The summed E-state index contributed by atoms with van der Waals surface area (Å²) in [6.45, 7) is 1.36. The van der Waals surface area contributed by atoms with Crippen molar-refractivity contribution in [2.45, 2.75) is 13.5 Å². The van der Waals surface area contributed by atoms with Gasteiger partial charge in [0.25, 0.3) is 0 Å². The molecule has 3 aromatic rings. The highest BCUT2D eigenvalue weighted by molar-refractivity contribution is 5.92. The molecule has 0 spiro atoms. The second-order valence-electron chi connectivity index (χ2n) is 5.82. The van der Waals surface area contributed by atoms with E-state index in [9.17, 15) is 4.79 Å². The fraction of sp³-hybridized carbons (Fsp3) is 0.211. The molecule has 0 fully saturated rings. The fourth-order valence-corrected chi connectivity index (χ4v) is 2.74. The summed E-state index contributed by atoms with van der Waals surface area (Å²) in [7, 11) is 3.09. The van der Waals surface area contributed by atoms with Gasteiger partial charge in [-0.1, -0.05) is 18.2 Å². The summed E-state index contributed by atoms with van der Waals surface area (Å²) in [5, 5.41) is 9.01. The van der Waals surface area contributed by atoms with Crippen LogP contribution >= 0.6 is 0 Å². The molecule has 0 unspecified atom stereocenters. The van der Waals surface area contributed by atoms with E-state index in [4.69, 9.17) is 20.0 Å². The number of guanidine groups is 1. The number of carbonyl (C=O) groups is 1. The van der Waals surface area contributed by atoms with E-state index in [1.54, 1.807) is 32.4 Å². The van der Waals surface area contributed by atoms with Crippen LogP contribution in [0, 0.1) is 0 Å². The van der Waals surface area contributed by atoms with E-state index in [1.807, 2.05) is 24.3 Å². The number of para-hydroxylation sites is 1. The molecule has 0 bridgehead atoms. The molecule has 0 atom stereocenters.